The minimum Gasteiger partial charge on any atom is -0.462 e. The highest BCUT2D eigenvalue weighted by Crippen LogP contribution is 2.21. The summed E-state index contributed by atoms with van der Waals surface area (Å²) in [5.41, 5.74) is 1.45. The number of H-pyrrole nitrogens is 1. The molecular weight excluding hydrogens is 294 g/mol. The first-order valence-corrected chi connectivity index (χ1v) is 7.90. The molecule has 0 unspecified atom stereocenters. The van der Waals surface area contributed by atoms with Crippen LogP contribution in [0.15, 0.2) is 21.3 Å². The molecule has 0 saturated heterocycles. The van der Waals surface area contributed by atoms with Gasteiger partial charge in [-0.3, -0.25) is 9.69 Å². The van der Waals surface area contributed by atoms with Gasteiger partial charge in [-0.25, -0.2) is 4.98 Å². The Kier molecular flexibility index (Phi) is 4.12. The normalized spacial score (nSPS) is 15.7. The van der Waals surface area contributed by atoms with E-state index in [1.54, 1.807) is 6.07 Å². The van der Waals surface area contributed by atoms with E-state index < -0.39 is 0 Å². The zero-order valence-corrected chi connectivity index (χ0v) is 13.8. The number of hydrogen-bond acceptors (Lipinski definition) is 5. The number of aromatic amines is 1. The van der Waals surface area contributed by atoms with Crippen LogP contribution in [0.1, 0.15) is 49.4 Å². The van der Waals surface area contributed by atoms with Gasteiger partial charge in [0, 0.05) is 24.9 Å². The van der Waals surface area contributed by atoms with Crippen molar-refractivity contribution in [1.29, 1.82) is 0 Å². The van der Waals surface area contributed by atoms with Crippen molar-refractivity contribution in [1.82, 2.24) is 14.9 Å². The van der Waals surface area contributed by atoms with E-state index in [1.165, 1.54) is 0 Å². The Morgan fingerprint density at radius 1 is 1.35 bits per heavy atom. The summed E-state index contributed by atoms with van der Waals surface area (Å²) in [6, 6.07) is 3.64. The van der Waals surface area contributed by atoms with Gasteiger partial charge in [0.15, 0.2) is 0 Å². The van der Waals surface area contributed by atoms with Crippen LogP contribution in [-0.4, -0.2) is 26.5 Å². The molecule has 0 saturated carbocycles. The minimum atomic E-state index is -0.166. The summed E-state index contributed by atoms with van der Waals surface area (Å²) in [5.74, 6) is 2.10. The number of fused-ring (bicyclic) bond motifs is 1. The average molecular weight is 317 g/mol. The number of nitrogens with zero attached hydrogens (tertiary/aromatic N) is 2. The molecule has 6 heteroatoms. The Balaban J connectivity index is 1.79. The van der Waals surface area contributed by atoms with Crippen molar-refractivity contribution >= 4 is 0 Å². The molecule has 0 aromatic carbocycles. The summed E-state index contributed by atoms with van der Waals surface area (Å²) >= 11 is 0. The van der Waals surface area contributed by atoms with Crippen LogP contribution in [0.3, 0.4) is 0 Å². The topological polar surface area (TPSA) is 82.4 Å². The lowest BCUT2D eigenvalue weighted by Gasteiger charge is -2.28. The van der Waals surface area contributed by atoms with E-state index >= 15 is 0 Å². The lowest BCUT2D eigenvalue weighted by atomic mass is 9.95. The number of furan rings is 1. The molecule has 23 heavy (non-hydrogen) atoms. The molecular formula is C17H23N3O3. The summed E-state index contributed by atoms with van der Waals surface area (Å²) in [6.07, 6.45) is 0.760. The third-order valence-corrected chi connectivity index (χ3v) is 4.11. The number of aromatic nitrogens is 2. The van der Waals surface area contributed by atoms with Gasteiger partial charge in [-0.1, -0.05) is 20.8 Å². The Hall–Kier alpha value is -1.92. The highest BCUT2D eigenvalue weighted by atomic mass is 16.4. The number of nitrogens with one attached hydrogen (secondary N) is 1. The fourth-order valence-electron chi connectivity index (χ4n) is 2.78. The van der Waals surface area contributed by atoms with Gasteiger partial charge in [0.2, 0.25) is 0 Å². The van der Waals surface area contributed by atoms with E-state index in [1.807, 2.05) is 26.8 Å². The van der Waals surface area contributed by atoms with Crippen molar-refractivity contribution in [2.75, 3.05) is 6.54 Å². The second-order valence-electron chi connectivity index (χ2n) is 7.08. The van der Waals surface area contributed by atoms with Gasteiger partial charge in [0.25, 0.3) is 5.56 Å². The van der Waals surface area contributed by atoms with Crippen molar-refractivity contribution in [3.8, 4) is 0 Å². The van der Waals surface area contributed by atoms with E-state index in [9.17, 15) is 4.79 Å². The summed E-state index contributed by atoms with van der Waals surface area (Å²) in [4.78, 5) is 22.2. The second-order valence-corrected chi connectivity index (χ2v) is 7.08. The summed E-state index contributed by atoms with van der Waals surface area (Å²) < 4.78 is 5.52. The fraction of sp³-hybridized carbons (Fsp3) is 0.529. The maximum absolute atomic E-state index is 12.4. The molecule has 1 aliphatic heterocycles. The van der Waals surface area contributed by atoms with Gasteiger partial charge in [-0.05, 0) is 12.1 Å². The van der Waals surface area contributed by atoms with Crippen molar-refractivity contribution < 1.29 is 9.52 Å². The smallest absolute Gasteiger partial charge is 0.255 e. The molecule has 0 radical (unpaired) electrons. The molecule has 0 bridgehead atoms. The van der Waals surface area contributed by atoms with Crippen LogP contribution in [0, 0.1) is 0 Å². The summed E-state index contributed by atoms with van der Waals surface area (Å²) in [7, 11) is 0. The second kappa shape index (κ2) is 5.94. The van der Waals surface area contributed by atoms with Crippen molar-refractivity contribution in [3.63, 3.8) is 0 Å². The lowest BCUT2D eigenvalue weighted by Crippen LogP contribution is -2.37. The molecule has 0 atom stereocenters. The van der Waals surface area contributed by atoms with Crippen LogP contribution < -0.4 is 5.56 Å². The van der Waals surface area contributed by atoms with Gasteiger partial charge < -0.3 is 14.5 Å². The monoisotopic (exact) mass is 317 g/mol. The van der Waals surface area contributed by atoms with Crippen molar-refractivity contribution in [3.05, 3.63) is 51.1 Å². The number of aliphatic hydroxyl groups is 1. The third kappa shape index (κ3) is 3.38. The molecule has 3 rings (SSSR count). The first kappa shape index (κ1) is 16.0. The average Bonchev–Trinajstić information content (AvgIpc) is 2.94. The van der Waals surface area contributed by atoms with E-state index in [-0.39, 0.29) is 17.6 Å². The highest BCUT2D eigenvalue weighted by Gasteiger charge is 2.25. The Morgan fingerprint density at radius 2 is 2.09 bits per heavy atom. The molecule has 124 valence electrons. The quantitative estimate of drug-likeness (QED) is 0.900. The molecule has 0 amide bonds. The van der Waals surface area contributed by atoms with E-state index in [4.69, 9.17) is 9.52 Å². The lowest BCUT2D eigenvalue weighted by molar-refractivity contribution is 0.206. The number of hydrogen-bond donors (Lipinski definition) is 2. The number of aliphatic hydroxyl groups excluding tert-OH is 1. The van der Waals surface area contributed by atoms with Crippen molar-refractivity contribution in [2.45, 2.75) is 52.3 Å². The summed E-state index contributed by atoms with van der Waals surface area (Å²) in [6.45, 7) is 8.06. The minimum absolute atomic E-state index is 0.0416. The maximum Gasteiger partial charge on any atom is 0.255 e. The standard InChI is InChI=1S/C17H23N3O3/c1-17(2,3)16-18-14-6-7-20(9-13(14)15(22)19-16)8-11-4-5-12(10-21)23-11/h4-5,21H,6-10H2,1-3H3,(H,18,19,22). The Morgan fingerprint density at radius 3 is 2.74 bits per heavy atom. The molecule has 0 aliphatic carbocycles. The molecule has 2 aromatic rings. The predicted molar refractivity (Wildman–Crippen MR) is 86.0 cm³/mol. The largest absolute Gasteiger partial charge is 0.462 e. The van der Waals surface area contributed by atoms with Crippen LogP contribution in [0.5, 0.6) is 0 Å². The van der Waals surface area contributed by atoms with Crippen molar-refractivity contribution in [2.24, 2.45) is 0 Å². The van der Waals surface area contributed by atoms with E-state index in [0.29, 0.717) is 18.8 Å². The van der Waals surface area contributed by atoms with Gasteiger partial charge in [-0.2, -0.15) is 0 Å². The molecule has 6 nitrogen and oxygen atoms in total. The Labute approximate surface area is 135 Å². The Bertz CT molecular complexity index is 755. The molecule has 3 heterocycles. The fourth-order valence-corrected chi connectivity index (χ4v) is 2.78. The number of rotatable bonds is 3. The van der Waals surface area contributed by atoms with Crippen LogP contribution in [0.4, 0.5) is 0 Å². The van der Waals surface area contributed by atoms with Crippen LogP contribution in [-0.2, 0) is 31.5 Å². The van der Waals surface area contributed by atoms with Gasteiger partial charge >= 0.3 is 0 Å². The first-order valence-electron chi connectivity index (χ1n) is 7.90. The molecule has 0 fully saturated rings. The van der Waals surface area contributed by atoms with Gasteiger partial charge in [0.05, 0.1) is 17.8 Å². The maximum atomic E-state index is 12.4. The van der Waals surface area contributed by atoms with Gasteiger partial charge in [0.1, 0.15) is 24.0 Å². The zero-order valence-electron chi connectivity index (χ0n) is 13.8. The van der Waals surface area contributed by atoms with Crippen LogP contribution in [0.25, 0.3) is 0 Å². The summed E-state index contributed by atoms with van der Waals surface area (Å²) in [5, 5.41) is 9.05. The predicted octanol–water partition coefficient (Wildman–Crippen LogP) is 1.71. The molecule has 0 spiro atoms. The SMILES string of the molecule is CC(C)(C)c1nc2c(c(=O)[nH]1)CN(Cc1ccc(CO)o1)CC2. The molecule has 2 N–H and O–H groups in total. The molecule has 2 aromatic heterocycles. The zero-order chi connectivity index (χ0) is 16.6. The first-order chi connectivity index (χ1) is 10.9. The van der Waals surface area contributed by atoms with Crippen LogP contribution >= 0.6 is 0 Å². The van der Waals surface area contributed by atoms with E-state index in [0.717, 1.165) is 35.8 Å². The van der Waals surface area contributed by atoms with E-state index in [2.05, 4.69) is 14.9 Å². The van der Waals surface area contributed by atoms with Crippen LogP contribution in [0.2, 0.25) is 0 Å². The third-order valence-electron chi connectivity index (χ3n) is 4.11. The molecule has 1 aliphatic rings. The highest BCUT2D eigenvalue weighted by molar-refractivity contribution is 5.23. The van der Waals surface area contributed by atoms with Gasteiger partial charge in [-0.15, -0.1) is 0 Å².